The van der Waals surface area contributed by atoms with Gasteiger partial charge in [0.25, 0.3) is 0 Å². The van der Waals surface area contributed by atoms with E-state index in [-0.39, 0.29) is 18.2 Å². The number of rotatable bonds is 6. The fraction of sp³-hybridized carbons (Fsp3) is 0.238. The molecule has 148 valence electrons. The summed E-state index contributed by atoms with van der Waals surface area (Å²) in [6, 6.07) is 12.9. The van der Waals surface area contributed by atoms with Crippen molar-refractivity contribution in [2.75, 3.05) is 11.9 Å². The van der Waals surface area contributed by atoms with E-state index < -0.39 is 6.04 Å². The van der Waals surface area contributed by atoms with E-state index >= 15 is 0 Å². The number of carbonyl (C=O) groups excluding carboxylic acids is 1. The second kappa shape index (κ2) is 8.41. The first kappa shape index (κ1) is 19.1. The van der Waals surface area contributed by atoms with E-state index in [0.29, 0.717) is 18.7 Å². The summed E-state index contributed by atoms with van der Waals surface area (Å²) < 4.78 is 0. The minimum absolute atomic E-state index is 0.0289. The molecule has 2 N–H and O–H groups in total. The third-order valence-corrected chi connectivity index (χ3v) is 4.90. The number of carbonyl (C=O) groups is 1. The zero-order chi connectivity index (χ0) is 20.9. The molecule has 9 nitrogen and oxygen atoms in total. The maximum Gasteiger partial charge on any atom is 0.238 e. The summed E-state index contributed by atoms with van der Waals surface area (Å²) in [6.45, 7) is 0.550. The van der Waals surface area contributed by atoms with Crippen molar-refractivity contribution < 1.29 is 4.79 Å². The topological polar surface area (TPSA) is 134 Å². The Morgan fingerprint density at radius 3 is 3.07 bits per heavy atom. The van der Waals surface area contributed by atoms with Gasteiger partial charge in [-0.2, -0.15) is 15.6 Å². The lowest BCUT2D eigenvalue weighted by atomic mass is 10.0. The Kier molecular flexibility index (Phi) is 5.35. The smallest absolute Gasteiger partial charge is 0.238 e. The van der Waals surface area contributed by atoms with Crippen LogP contribution in [0.15, 0.2) is 48.0 Å². The van der Waals surface area contributed by atoms with Crippen LogP contribution in [0, 0.1) is 22.7 Å². The lowest BCUT2D eigenvalue weighted by molar-refractivity contribution is -0.115. The summed E-state index contributed by atoms with van der Waals surface area (Å²) in [6.07, 6.45) is 5.42. The van der Waals surface area contributed by atoms with Gasteiger partial charge in [-0.25, -0.2) is 9.97 Å². The Balaban J connectivity index is 1.45. The molecule has 30 heavy (non-hydrogen) atoms. The van der Waals surface area contributed by atoms with Crippen LogP contribution in [-0.4, -0.2) is 44.7 Å². The number of nitrogens with one attached hydrogen (secondary N) is 2. The van der Waals surface area contributed by atoms with Crippen LogP contribution in [0.2, 0.25) is 0 Å². The first-order valence-electron chi connectivity index (χ1n) is 9.42. The number of nitrogens with zero attached hydrogens (tertiary/aromatic N) is 6. The van der Waals surface area contributed by atoms with Crippen LogP contribution >= 0.6 is 0 Å². The molecule has 9 heteroatoms. The predicted molar refractivity (Wildman–Crippen MR) is 110 cm³/mol. The van der Waals surface area contributed by atoms with Gasteiger partial charge in [0, 0.05) is 29.9 Å². The van der Waals surface area contributed by atoms with Crippen molar-refractivity contribution in [2.45, 2.75) is 24.8 Å². The Labute approximate surface area is 172 Å². The quantitative estimate of drug-likeness (QED) is 0.654. The van der Waals surface area contributed by atoms with Crippen molar-refractivity contribution in [1.29, 1.82) is 10.5 Å². The molecule has 2 atom stereocenters. The van der Waals surface area contributed by atoms with Crippen molar-refractivity contribution in [3.63, 3.8) is 0 Å². The van der Waals surface area contributed by atoms with Gasteiger partial charge in [-0.15, -0.1) is 0 Å². The van der Waals surface area contributed by atoms with Crippen LogP contribution in [0.4, 0.5) is 5.69 Å². The van der Waals surface area contributed by atoms with Gasteiger partial charge in [-0.05, 0) is 23.8 Å². The number of hydrogen-bond donors (Lipinski definition) is 2. The number of H-pyrrole nitrogens is 1. The minimum atomic E-state index is -0.458. The Morgan fingerprint density at radius 1 is 1.33 bits per heavy atom. The highest BCUT2D eigenvalue weighted by Gasteiger charge is 2.28. The molecular formula is C21H18N8O. The van der Waals surface area contributed by atoms with Crippen LogP contribution in [0.5, 0.6) is 0 Å². The van der Waals surface area contributed by atoms with E-state index in [1.807, 2.05) is 42.7 Å². The standard InChI is InChI=1S/C21H18N8O/c22-6-4-19(30)28-16-3-1-2-14(8-16)9-17(10-23)29-12-15(11-27-29)20-18-5-7-24-21(18)26-13-25-20/h1-3,5,7-8,11,13,15,17H,4,9,12H2,(H,28,30)(H,24,25,26). The van der Waals surface area contributed by atoms with Gasteiger partial charge in [-0.3, -0.25) is 9.80 Å². The zero-order valence-electron chi connectivity index (χ0n) is 16.0. The number of amides is 1. The number of fused-ring (bicyclic) bond motifs is 1. The van der Waals surface area contributed by atoms with Crippen LogP contribution in [-0.2, 0) is 11.2 Å². The van der Waals surface area contributed by atoms with E-state index in [1.54, 1.807) is 11.1 Å². The number of hydrazone groups is 1. The van der Waals surface area contributed by atoms with E-state index in [0.717, 1.165) is 22.3 Å². The van der Waals surface area contributed by atoms with E-state index in [9.17, 15) is 10.1 Å². The SMILES string of the molecule is N#CCC(=O)Nc1cccc(CC(C#N)N2CC(c3ncnc4[nH]ccc34)C=N2)c1. The van der Waals surface area contributed by atoms with Crippen LogP contribution in [0.1, 0.15) is 23.6 Å². The fourth-order valence-corrected chi connectivity index (χ4v) is 3.51. The molecule has 1 aliphatic heterocycles. The third kappa shape index (κ3) is 3.96. The molecule has 0 saturated carbocycles. The normalized spacial score (nSPS) is 16.2. The van der Waals surface area contributed by atoms with Gasteiger partial charge < -0.3 is 10.3 Å². The molecule has 3 heterocycles. The summed E-state index contributed by atoms with van der Waals surface area (Å²) in [5, 5.41) is 28.2. The van der Waals surface area contributed by atoms with Gasteiger partial charge in [-0.1, -0.05) is 12.1 Å². The zero-order valence-corrected chi connectivity index (χ0v) is 16.0. The van der Waals surface area contributed by atoms with Crippen molar-refractivity contribution in [3.05, 3.63) is 54.1 Å². The summed E-state index contributed by atoms with van der Waals surface area (Å²) in [5.74, 6) is -0.391. The molecule has 1 aliphatic rings. The maximum atomic E-state index is 11.6. The van der Waals surface area contributed by atoms with Crippen LogP contribution in [0.25, 0.3) is 11.0 Å². The van der Waals surface area contributed by atoms with E-state index in [1.165, 1.54) is 6.33 Å². The highest BCUT2D eigenvalue weighted by molar-refractivity contribution is 5.92. The molecule has 2 aromatic heterocycles. The average molecular weight is 398 g/mol. The third-order valence-electron chi connectivity index (χ3n) is 4.90. The molecule has 0 bridgehead atoms. The first-order valence-corrected chi connectivity index (χ1v) is 9.42. The van der Waals surface area contributed by atoms with E-state index in [4.69, 9.17) is 5.26 Å². The minimum Gasteiger partial charge on any atom is -0.346 e. The first-order chi connectivity index (χ1) is 14.7. The highest BCUT2D eigenvalue weighted by atomic mass is 16.1. The number of benzene rings is 1. The summed E-state index contributed by atoms with van der Waals surface area (Å²) in [4.78, 5) is 23.3. The number of hydrogen-bond acceptors (Lipinski definition) is 7. The van der Waals surface area contributed by atoms with Crippen LogP contribution < -0.4 is 5.32 Å². The van der Waals surface area contributed by atoms with Gasteiger partial charge in [0.1, 0.15) is 24.4 Å². The van der Waals surface area contributed by atoms with Crippen LogP contribution in [0.3, 0.4) is 0 Å². The molecule has 2 unspecified atom stereocenters. The number of nitriles is 2. The van der Waals surface area contributed by atoms with Crippen molar-refractivity contribution in [1.82, 2.24) is 20.0 Å². The monoisotopic (exact) mass is 398 g/mol. The van der Waals surface area contributed by atoms with Gasteiger partial charge >= 0.3 is 0 Å². The molecule has 0 radical (unpaired) electrons. The molecule has 0 spiro atoms. The second-order valence-corrected chi connectivity index (χ2v) is 6.92. The summed E-state index contributed by atoms with van der Waals surface area (Å²) in [7, 11) is 0. The number of aromatic amines is 1. The molecule has 4 rings (SSSR count). The predicted octanol–water partition coefficient (Wildman–Crippen LogP) is 2.33. The fourth-order valence-electron chi connectivity index (χ4n) is 3.51. The average Bonchev–Trinajstić information content (AvgIpc) is 3.42. The number of anilines is 1. The van der Waals surface area contributed by atoms with Gasteiger partial charge in [0.2, 0.25) is 5.91 Å². The maximum absolute atomic E-state index is 11.6. The Hall–Kier alpha value is -4.24. The van der Waals surface area contributed by atoms with Crippen molar-refractivity contribution >= 4 is 28.8 Å². The Morgan fingerprint density at radius 2 is 2.23 bits per heavy atom. The molecular weight excluding hydrogens is 380 g/mol. The second-order valence-electron chi connectivity index (χ2n) is 6.92. The molecule has 1 aromatic carbocycles. The molecule has 1 amide bonds. The lowest BCUT2D eigenvalue weighted by Crippen LogP contribution is -2.31. The molecule has 0 fully saturated rings. The highest BCUT2D eigenvalue weighted by Crippen LogP contribution is 2.26. The largest absolute Gasteiger partial charge is 0.346 e. The summed E-state index contributed by atoms with van der Waals surface area (Å²) in [5.41, 5.74) is 3.15. The van der Waals surface area contributed by atoms with Gasteiger partial charge in [0.15, 0.2) is 0 Å². The Bertz CT molecular complexity index is 1190. The number of aromatic nitrogens is 3. The van der Waals surface area contributed by atoms with Crippen molar-refractivity contribution in [2.24, 2.45) is 5.10 Å². The molecule has 0 aliphatic carbocycles. The molecule has 3 aromatic rings. The molecule has 0 saturated heterocycles. The van der Waals surface area contributed by atoms with Crippen molar-refractivity contribution in [3.8, 4) is 12.1 Å². The van der Waals surface area contributed by atoms with Gasteiger partial charge in [0.05, 0.1) is 30.3 Å². The lowest BCUT2D eigenvalue weighted by Gasteiger charge is -2.22. The summed E-state index contributed by atoms with van der Waals surface area (Å²) >= 11 is 0. The van der Waals surface area contributed by atoms with E-state index in [2.05, 4.69) is 31.4 Å².